The van der Waals surface area contributed by atoms with Gasteiger partial charge in [-0.3, -0.25) is 18.9 Å². The van der Waals surface area contributed by atoms with E-state index in [1.54, 1.807) is 0 Å². The Balaban J connectivity index is 1.09. The number of hydrogen-bond acceptors (Lipinski definition) is 10. The fourth-order valence-electron chi connectivity index (χ4n) is 9.42. The van der Waals surface area contributed by atoms with E-state index in [-0.39, 0.29) is 29.3 Å². The van der Waals surface area contributed by atoms with Gasteiger partial charge in [0, 0.05) is 23.7 Å². The van der Waals surface area contributed by atoms with E-state index in [4.69, 9.17) is 28.2 Å². The highest BCUT2D eigenvalue weighted by Gasteiger charge is 2.72. The van der Waals surface area contributed by atoms with Crippen molar-refractivity contribution in [3.63, 3.8) is 0 Å². The minimum absolute atomic E-state index is 0.113. The molecule has 210 valence electrons. The summed E-state index contributed by atoms with van der Waals surface area (Å²) in [4.78, 5) is 39.5. The lowest BCUT2D eigenvalue weighted by atomic mass is 9.47. The van der Waals surface area contributed by atoms with Crippen LogP contribution in [0, 0.1) is 46.8 Å². The molecule has 8 atom stereocenters. The maximum Gasteiger partial charge on any atom is 0.312 e. The number of hydrogen-bond donors (Lipinski definition) is 1. The summed E-state index contributed by atoms with van der Waals surface area (Å²) in [5.41, 5.74) is -1.00. The number of ether oxygens (including phenoxy) is 5. The van der Waals surface area contributed by atoms with Gasteiger partial charge in [0.05, 0.1) is 29.5 Å². The van der Waals surface area contributed by atoms with E-state index in [0.29, 0.717) is 31.8 Å². The summed E-state index contributed by atoms with van der Waals surface area (Å²) >= 11 is 0. The monoisotopic (exact) mass is 554 g/mol. The van der Waals surface area contributed by atoms with Gasteiger partial charge >= 0.3 is 17.9 Å². The van der Waals surface area contributed by atoms with Gasteiger partial charge in [-0.15, -0.1) is 0 Å². The molecule has 0 aromatic rings. The molecule has 1 N–H and O–H groups in total. The first-order valence-electron chi connectivity index (χ1n) is 13.7. The second-order valence-electron chi connectivity index (χ2n) is 13.3. The Morgan fingerprint density at radius 3 is 2.42 bits per heavy atom. The molecule has 8 fully saturated rings. The summed E-state index contributed by atoms with van der Waals surface area (Å²) in [5.74, 6) is -4.49. The van der Waals surface area contributed by atoms with E-state index < -0.39 is 75.6 Å². The molecule has 2 saturated heterocycles. The zero-order valence-electron chi connectivity index (χ0n) is 21.5. The van der Waals surface area contributed by atoms with Crippen molar-refractivity contribution in [2.75, 3.05) is 19.0 Å². The minimum Gasteiger partial charge on any atom is -0.464 e. The second-order valence-corrected chi connectivity index (χ2v) is 14.9. The average Bonchev–Trinajstić information content (AvgIpc) is 3.51. The highest BCUT2D eigenvalue weighted by atomic mass is 32.2. The Morgan fingerprint density at radius 2 is 1.79 bits per heavy atom. The topological polar surface area (TPSA) is 152 Å². The molecular weight excluding hydrogens is 520 g/mol. The Kier molecular flexibility index (Phi) is 5.26. The Labute approximate surface area is 221 Å². The van der Waals surface area contributed by atoms with Crippen molar-refractivity contribution >= 4 is 28.0 Å². The summed E-state index contributed by atoms with van der Waals surface area (Å²) < 4.78 is 60.7. The zero-order chi connectivity index (χ0) is 26.8. The minimum atomic E-state index is -4.30. The van der Waals surface area contributed by atoms with Crippen LogP contribution < -0.4 is 0 Å². The molecule has 12 heteroatoms. The third-order valence-electron chi connectivity index (χ3n) is 10.5. The molecule has 8 unspecified atom stereocenters. The van der Waals surface area contributed by atoms with Crippen molar-refractivity contribution < 1.29 is 51.0 Å². The normalized spacial score (nSPS) is 49.0. The summed E-state index contributed by atoms with van der Waals surface area (Å²) in [7, 11) is -4.30. The Morgan fingerprint density at radius 1 is 1.08 bits per heavy atom. The molecule has 11 nitrogen and oxygen atoms in total. The van der Waals surface area contributed by atoms with E-state index >= 15 is 0 Å². The summed E-state index contributed by atoms with van der Waals surface area (Å²) in [6.07, 6.45) is 3.13. The largest absolute Gasteiger partial charge is 0.464 e. The molecule has 38 heavy (non-hydrogen) atoms. The summed E-state index contributed by atoms with van der Waals surface area (Å²) in [6.45, 7) is 4.08. The van der Waals surface area contributed by atoms with Gasteiger partial charge in [0.25, 0.3) is 10.1 Å². The SMILES string of the molecule is CC1(C)COC2(O1)C1CC3CC2CC(C(=O)OC2C4CC5C2OC(=O)C5C4C(=O)OCCS(=O)(=O)O)(C3)C1. The first-order chi connectivity index (χ1) is 17.8. The molecule has 0 amide bonds. The highest BCUT2D eigenvalue weighted by Crippen LogP contribution is 2.67. The van der Waals surface area contributed by atoms with Crippen LogP contribution in [0.1, 0.15) is 52.4 Å². The molecule has 6 aliphatic carbocycles. The molecule has 6 bridgehead atoms. The lowest BCUT2D eigenvalue weighted by molar-refractivity contribution is -0.313. The van der Waals surface area contributed by atoms with Gasteiger partial charge in [0.1, 0.15) is 24.6 Å². The van der Waals surface area contributed by atoms with Gasteiger partial charge in [-0.1, -0.05) is 0 Å². The van der Waals surface area contributed by atoms with Crippen LogP contribution in [0.2, 0.25) is 0 Å². The molecule has 6 saturated carbocycles. The van der Waals surface area contributed by atoms with Crippen LogP contribution in [0.5, 0.6) is 0 Å². The predicted octanol–water partition coefficient (Wildman–Crippen LogP) is 1.48. The molecule has 2 aliphatic heterocycles. The number of esters is 3. The standard InChI is InChI=1S/C26H34O11S/c1-24(2)11-34-26(37-24)13-5-12-6-14(26)10-25(8-12,9-13)23(29)36-20-15-7-16-18(22(28)35-19(16)20)17(15)21(27)33-3-4-38(30,31)32/h12-20H,3-11H2,1-2H3,(H,30,31,32). The molecule has 8 rings (SSSR count). The average molecular weight is 555 g/mol. The number of rotatable bonds is 6. The molecule has 0 aromatic heterocycles. The number of carbonyl (C=O) groups is 3. The molecule has 1 spiro atoms. The highest BCUT2D eigenvalue weighted by molar-refractivity contribution is 7.85. The van der Waals surface area contributed by atoms with Gasteiger partial charge in [-0.25, -0.2) is 0 Å². The van der Waals surface area contributed by atoms with Crippen LogP contribution in [-0.4, -0.2) is 73.4 Å². The fraction of sp³-hybridized carbons (Fsp3) is 0.885. The molecule has 0 aromatic carbocycles. The maximum atomic E-state index is 13.9. The van der Waals surface area contributed by atoms with E-state index in [9.17, 15) is 22.8 Å². The van der Waals surface area contributed by atoms with Crippen molar-refractivity contribution in [2.24, 2.45) is 46.8 Å². The van der Waals surface area contributed by atoms with Crippen molar-refractivity contribution in [2.45, 2.75) is 76.0 Å². The third kappa shape index (κ3) is 3.55. The fourth-order valence-corrected chi connectivity index (χ4v) is 9.71. The lowest BCUT2D eigenvalue weighted by Gasteiger charge is -2.62. The molecule has 0 radical (unpaired) electrons. The van der Waals surface area contributed by atoms with E-state index in [1.165, 1.54) is 0 Å². The van der Waals surface area contributed by atoms with Crippen LogP contribution >= 0.6 is 0 Å². The van der Waals surface area contributed by atoms with Gasteiger partial charge < -0.3 is 23.7 Å². The third-order valence-corrected chi connectivity index (χ3v) is 11.2. The smallest absolute Gasteiger partial charge is 0.312 e. The number of fused-ring (bicyclic) bond motifs is 1. The van der Waals surface area contributed by atoms with Crippen LogP contribution in [0.4, 0.5) is 0 Å². The van der Waals surface area contributed by atoms with Gasteiger partial charge in [0.2, 0.25) is 0 Å². The van der Waals surface area contributed by atoms with Crippen LogP contribution in [0.15, 0.2) is 0 Å². The molecule has 2 heterocycles. The quantitative estimate of drug-likeness (QED) is 0.289. The number of carbonyl (C=O) groups excluding carboxylic acids is 3. The zero-order valence-corrected chi connectivity index (χ0v) is 22.3. The van der Waals surface area contributed by atoms with E-state index in [2.05, 4.69) is 0 Å². The summed E-state index contributed by atoms with van der Waals surface area (Å²) in [6, 6.07) is 0. The van der Waals surface area contributed by atoms with Gasteiger partial charge in [0.15, 0.2) is 5.79 Å². The van der Waals surface area contributed by atoms with Crippen LogP contribution in [0.25, 0.3) is 0 Å². The summed E-state index contributed by atoms with van der Waals surface area (Å²) in [5, 5.41) is 0. The van der Waals surface area contributed by atoms with Crippen molar-refractivity contribution in [1.82, 2.24) is 0 Å². The second kappa shape index (κ2) is 7.92. The van der Waals surface area contributed by atoms with Gasteiger partial charge in [-0.05, 0) is 58.3 Å². The lowest BCUT2D eigenvalue weighted by Crippen LogP contribution is -2.64. The van der Waals surface area contributed by atoms with Crippen LogP contribution in [-0.2, 0) is 48.2 Å². The maximum absolute atomic E-state index is 13.9. The molecule has 8 aliphatic rings. The predicted molar refractivity (Wildman–Crippen MR) is 126 cm³/mol. The van der Waals surface area contributed by atoms with Crippen LogP contribution in [0.3, 0.4) is 0 Å². The first kappa shape index (κ1) is 25.2. The van der Waals surface area contributed by atoms with Crippen molar-refractivity contribution in [3.8, 4) is 0 Å². The molecular formula is C26H34O11S. The van der Waals surface area contributed by atoms with Crippen molar-refractivity contribution in [3.05, 3.63) is 0 Å². The Hall–Kier alpha value is -1.76. The van der Waals surface area contributed by atoms with Gasteiger partial charge in [-0.2, -0.15) is 8.42 Å². The van der Waals surface area contributed by atoms with Crippen molar-refractivity contribution in [1.29, 1.82) is 0 Å². The Bertz CT molecular complexity index is 1180. The van der Waals surface area contributed by atoms with E-state index in [1.807, 2.05) is 13.8 Å². The van der Waals surface area contributed by atoms with E-state index in [0.717, 1.165) is 19.3 Å². The first-order valence-corrected chi connectivity index (χ1v) is 15.3.